The van der Waals surface area contributed by atoms with Crippen LogP contribution in [-0.4, -0.2) is 41.2 Å². The van der Waals surface area contributed by atoms with Crippen molar-refractivity contribution in [3.63, 3.8) is 0 Å². The summed E-state index contributed by atoms with van der Waals surface area (Å²) in [6, 6.07) is 15.2. The van der Waals surface area contributed by atoms with Gasteiger partial charge in [-0.25, -0.2) is 0 Å². The molecular formula is C25H33BrN2O3S. The summed E-state index contributed by atoms with van der Waals surface area (Å²) in [5.74, 6) is 1.59. The Morgan fingerprint density at radius 1 is 1.12 bits per heavy atom. The van der Waals surface area contributed by atoms with Gasteiger partial charge in [0.25, 0.3) is 0 Å². The molecule has 2 rings (SSSR count). The van der Waals surface area contributed by atoms with Gasteiger partial charge in [-0.1, -0.05) is 47.1 Å². The van der Waals surface area contributed by atoms with Crippen LogP contribution in [0.2, 0.25) is 0 Å². The molecular weight excluding hydrogens is 488 g/mol. The van der Waals surface area contributed by atoms with Crippen molar-refractivity contribution in [3.8, 4) is 5.75 Å². The molecule has 2 aromatic rings. The van der Waals surface area contributed by atoms with Crippen molar-refractivity contribution in [3.05, 3.63) is 64.1 Å². The highest BCUT2D eigenvalue weighted by Gasteiger charge is 2.30. The van der Waals surface area contributed by atoms with Crippen LogP contribution in [0.3, 0.4) is 0 Å². The summed E-state index contributed by atoms with van der Waals surface area (Å²) < 4.78 is 6.36. The summed E-state index contributed by atoms with van der Waals surface area (Å²) >= 11 is 5.00. The number of halogens is 1. The number of rotatable bonds is 10. The van der Waals surface area contributed by atoms with Crippen molar-refractivity contribution in [2.45, 2.75) is 58.0 Å². The molecule has 0 aliphatic carbocycles. The Morgan fingerprint density at radius 2 is 1.81 bits per heavy atom. The highest BCUT2D eigenvalue weighted by molar-refractivity contribution is 9.10. The minimum absolute atomic E-state index is 0.0501. The summed E-state index contributed by atoms with van der Waals surface area (Å²) in [6.07, 6.45) is 0.537. The van der Waals surface area contributed by atoms with E-state index in [0.717, 1.165) is 27.1 Å². The quantitative estimate of drug-likeness (QED) is 0.454. The van der Waals surface area contributed by atoms with Gasteiger partial charge >= 0.3 is 0 Å². The lowest BCUT2D eigenvalue weighted by molar-refractivity contribution is -0.140. The first-order chi connectivity index (χ1) is 15.1. The fourth-order valence-electron chi connectivity index (χ4n) is 3.26. The molecule has 0 aromatic heterocycles. The molecule has 174 valence electrons. The summed E-state index contributed by atoms with van der Waals surface area (Å²) in [4.78, 5) is 28.0. The molecule has 0 unspecified atom stereocenters. The molecule has 1 N–H and O–H groups in total. The van der Waals surface area contributed by atoms with Crippen LogP contribution < -0.4 is 10.1 Å². The zero-order chi connectivity index (χ0) is 23.7. The van der Waals surface area contributed by atoms with E-state index in [0.29, 0.717) is 18.7 Å². The number of benzene rings is 2. The average molecular weight is 522 g/mol. The first-order valence-corrected chi connectivity index (χ1v) is 12.6. The molecule has 32 heavy (non-hydrogen) atoms. The zero-order valence-corrected chi connectivity index (χ0v) is 21.9. The predicted molar refractivity (Wildman–Crippen MR) is 136 cm³/mol. The highest BCUT2D eigenvalue weighted by Crippen LogP contribution is 2.21. The Balaban J connectivity index is 2.17. The first-order valence-electron chi connectivity index (χ1n) is 10.7. The van der Waals surface area contributed by atoms with Gasteiger partial charge in [-0.2, -0.15) is 0 Å². The van der Waals surface area contributed by atoms with Gasteiger partial charge in [-0.3, -0.25) is 9.59 Å². The maximum absolute atomic E-state index is 13.3. The van der Waals surface area contributed by atoms with Crippen molar-refractivity contribution >= 4 is 39.5 Å². The molecule has 0 fully saturated rings. The molecule has 2 aromatic carbocycles. The van der Waals surface area contributed by atoms with Gasteiger partial charge in [0.2, 0.25) is 11.8 Å². The Labute approximate surface area is 204 Å². The van der Waals surface area contributed by atoms with Crippen LogP contribution in [0.25, 0.3) is 0 Å². The van der Waals surface area contributed by atoms with E-state index in [4.69, 9.17) is 4.74 Å². The monoisotopic (exact) mass is 520 g/mol. The topological polar surface area (TPSA) is 58.6 Å². The smallest absolute Gasteiger partial charge is 0.243 e. The molecule has 0 spiro atoms. The Kier molecular flexibility index (Phi) is 10.1. The number of carbonyl (C=O) groups excluding carboxylic acids is 2. The Morgan fingerprint density at radius 3 is 2.41 bits per heavy atom. The van der Waals surface area contributed by atoms with Crippen LogP contribution in [-0.2, 0) is 21.9 Å². The fourth-order valence-corrected chi connectivity index (χ4v) is 4.39. The number of hydrogen-bond acceptors (Lipinski definition) is 4. The van der Waals surface area contributed by atoms with Crippen LogP contribution in [0.5, 0.6) is 5.75 Å². The van der Waals surface area contributed by atoms with E-state index in [9.17, 15) is 9.59 Å². The molecule has 0 bridgehead atoms. The molecule has 2 amide bonds. The third-order valence-corrected chi connectivity index (χ3v) is 6.30. The van der Waals surface area contributed by atoms with Gasteiger partial charge in [0, 0.05) is 22.3 Å². The Bertz CT molecular complexity index is 897. The predicted octanol–water partition coefficient (Wildman–Crippen LogP) is 5.41. The van der Waals surface area contributed by atoms with Crippen molar-refractivity contribution in [1.82, 2.24) is 10.2 Å². The van der Waals surface area contributed by atoms with E-state index >= 15 is 0 Å². The lowest BCUT2D eigenvalue weighted by Gasteiger charge is -2.33. The first kappa shape index (κ1) is 26.3. The van der Waals surface area contributed by atoms with Crippen LogP contribution in [0.15, 0.2) is 53.0 Å². The second-order valence-corrected chi connectivity index (χ2v) is 10.6. The molecule has 7 heteroatoms. The molecule has 1 atom stereocenters. The van der Waals surface area contributed by atoms with Gasteiger partial charge in [0.15, 0.2) is 0 Å². The Hall–Kier alpha value is -1.99. The molecule has 0 aliphatic heterocycles. The fraction of sp³-hybridized carbons (Fsp3) is 0.440. The van der Waals surface area contributed by atoms with Gasteiger partial charge in [0.05, 0.1) is 12.9 Å². The number of amides is 2. The number of thioether (sulfide) groups is 1. The van der Waals surface area contributed by atoms with Crippen LogP contribution in [0, 0.1) is 0 Å². The van der Waals surface area contributed by atoms with Gasteiger partial charge in [0.1, 0.15) is 11.8 Å². The maximum atomic E-state index is 13.3. The van der Waals surface area contributed by atoms with Crippen molar-refractivity contribution in [2.24, 2.45) is 0 Å². The molecule has 0 aliphatic rings. The van der Waals surface area contributed by atoms with E-state index in [-0.39, 0.29) is 17.4 Å². The zero-order valence-electron chi connectivity index (χ0n) is 19.5. The molecule has 5 nitrogen and oxygen atoms in total. The average Bonchev–Trinajstić information content (AvgIpc) is 2.73. The number of carbonyl (C=O) groups is 2. The lowest BCUT2D eigenvalue weighted by Crippen LogP contribution is -2.53. The van der Waals surface area contributed by atoms with E-state index < -0.39 is 6.04 Å². The normalized spacial score (nSPS) is 12.2. The summed E-state index contributed by atoms with van der Waals surface area (Å²) in [5.41, 5.74) is 1.71. The highest BCUT2D eigenvalue weighted by atomic mass is 79.9. The summed E-state index contributed by atoms with van der Waals surface area (Å²) in [6.45, 7) is 8.12. The standard InChI is InChI=1S/C25H33BrN2O3S/c1-6-22(24(30)27-25(2,3)4)28(15-19-8-7-9-21(14-19)31-5)23(29)17-32-16-18-10-12-20(26)13-11-18/h7-14,22H,6,15-17H2,1-5H3,(H,27,30)/t22-/m0/s1. The SMILES string of the molecule is CC[C@@H](C(=O)NC(C)(C)C)N(Cc1cccc(OC)c1)C(=O)CSCc1ccc(Br)cc1. The molecule has 0 radical (unpaired) electrons. The van der Waals surface area contributed by atoms with E-state index in [1.807, 2.05) is 76.2 Å². The summed E-state index contributed by atoms with van der Waals surface area (Å²) in [7, 11) is 1.62. The number of nitrogens with zero attached hydrogens (tertiary/aromatic N) is 1. The number of methoxy groups -OCH3 is 1. The second-order valence-electron chi connectivity index (χ2n) is 8.66. The largest absolute Gasteiger partial charge is 0.497 e. The number of ether oxygens (including phenoxy) is 1. The second kappa shape index (κ2) is 12.3. The van der Waals surface area contributed by atoms with E-state index in [1.54, 1.807) is 23.8 Å². The minimum atomic E-state index is -0.541. The van der Waals surface area contributed by atoms with E-state index in [1.165, 1.54) is 0 Å². The van der Waals surface area contributed by atoms with Crippen molar-refractivity contribution < 1.29 is 14.3 Å². The third-order valence-electron chi connectivity index (χ3n) is 4.78. The van der Waals surface area contributed by atoms with E-state index in [2.05, 4.69) is 21.2 Å². The van der Waals surface area contributed by atoms with Crippen LogP contribution in [0.4, 0.5) is 0 Å². The molecule has 0 saturated carbocycles. The van der Waals surface area contributed by atoms with Crippen molar-refractivity contribution in [2.75, 3.05) is 12.9 Å². The van der Waals surface area contributed by atoms with Crippen molar-refractivity contribution in [1.29, 1.82) is 0 Å². The van der Waals surface area contributed by atoms with Crippen LogP contribution in [0.1, 0.15) is 45.2 Å². The van der Waals surface area contributed by atoms with Gasteiger partial charge < -0.3 is 15.0 Å². The molecule has 0 heterocycles. The lowest BCUT2D eigenvalue weighted by atomic mass is 10.1. The minimum Gasteiger partial charge on any atom is -0.497 e. The third kappa shape index (κ3) is 8.51. The van der Waals surface area contributed by atoms with Crippen LogP contribution >= 0.6 is 27.7 Å². The number of nitrogens with one attached hydrogen (secondary N) is 1. The number of hydrogen-bond donors (Lipinski definition) is 1. The molecule has 0 saturated heterocycles. The maximum Gasteiger partial charge on any atom is 0.243 e. The van der Waals surface area contributed by atoms with Gasteiger partial charge in [-0.15, -0.1) is 11.8 Å². The summed E-state index contributed by atoms with van der Waals surface area (Å²) in [5, 5.41) is 3.03. The van der Waals surface area contributed by atoms with Gasteiger partial charge in [-0.05, 0) is 62.6 Å².